The van der Waals surface area contributed by atoms with Crippen molar-refractivity contribution < 1.29 is 19.1 Å². The topological polar surface area (TPSA) is 84.0 Å². The highest BCUT2D eigenvalue weighted by Crippen LogP contribution is 2.28. The summed E-state index contributed by atoms with van der Waals surface area (Å²) in [6, 6.07) is 7.58. The fourth-order valence-corrected chi connectivity index (χ4v) is 3.35. The highest BCUT2D eigenvalue weighted by Gasteiger charge is 2.17. The van der Waals surface area contributed by atoms with E-state index < -0.39 is 0 Å². The first-order valence-electron chi connectivity index (χ1n) is 10.1. The number of amides is 2. The number of fused-ring (bicyclic) bond motifs is 1. The summed E-state index contributed by atoms with van der Waals surface area (Å²) >= 11 is 0. The number of aromatic nitrogens is 1. The SMILES string of the molecule is CCOc1ccc(CN(C)C(=O)/C=C/c2cnc3c(c2)CN(C)CC(=O)N3)cc1OC.Cl. The summed E-state index contributed by atoms with van der Waals surface area (Å²) < 4.78 is 10.9. The lowest BCUT2D eigenvalue weighted by molar-refractivity contribution is -0.125. The summed E-state index contributed by atoms with van der Waals surface area (Å²) in [5.41, 5.74) is 2.65. The Hall–Kier alpha value is -3.10. The van der Waals surface area contributed by atoms with Crippen LogP contribution >= 0.6 is 12.4 Å². The monoisotopic (exact) mass is 460 g/mol. The standard InChI is InChI=1S/C23H28N4O4.ClH/c1-5-31-19-8-6-17(11-20(19)30-4)13-27(3)22(29)9-7-16-10-18-14-26(2)15-21(28)25-23(18)24-12-16;/h6-12H,5,13-15H2,1-4H3,(H,24,25,28);1H/b9-7+;. The minimum Gasteiger partial charge on any atom is -0.493 e. The number of carbonyl (C=O) groups is 2. The van der Waals surface area contributed by atoms with E-state index in [1.54, 1.807) is 31.3 Å². The Morgan fingerprint density at radius 3 is 2.78 bits per heavy atom. The van der Waals surface area contributed by atoms with Crippen LogP contribution in [0.1, 0.15) is 23.6 Å². The summed E-state index contributed by atoms with van der Waals surface area (Å²) in [5.74, 6) is 1.68. The summed E-state index contributed by atoms with van der Waals surface area (Å²) in [4.78, 5) is 32.3. The lowest BCUT2D eigenvalue weighted by atomic mass is 10.1. The van der Waals surface area contributed by atoms with Gasteiger partial charge in [0.1, 0.15) is 5.82 Å². The van der Waals surface area contributed by atoms with Crippen LogP contribution in [0.15, 0.2) is 36.5 Å². The molecule has 2 heterocycles. The van der Waals surface area contributed by atoms with Crippen LogP contribution in [0.2, 0.25) is 0 Å². The van der Waals surface area contributed by atoms with Crippen LogP contribution in [0.5, 0.6) is 11.5 Å². The number of nitrogens with one attached hydrogen (secondary N) is 1. The Morgan fingerprint density at radius 1 is 1.28 bits per heavy atom. The van der Waals surface area contributed by atoms with Gasteiger partial charge in [-0.15, -0.1) is 12.4 Å². The quantitative estimate of drug-likeness (QED) is 0.639. The van der Waals surface area contributed by atoms with Gasteiger partial charge in [-0.25, -0.2) is 4.98 Å². The smallest absolute Gasteiger partial charge is 0.246 e. The van der Waals surface area contributed by atoms with Crippen molar-refractivity contribution in [3.05, 3.63) is 53.2 Å². The molecule has 1 aromatic carbocycles. The Kier molecular flexibility index (Phi) is 9.04. The molecular weight excluding hydrogens is 432 g/mol. The maximum Gasteiger partial charge on any atom is 0.246 e. The van der Waals surface area contributed by atoms with Crippen molar-refractivity contribution in [2.24, 2.45) is 0 Å². The van der Waals surface area contributed by atoms with E-state index in [1.807, 2.05) is 43.1 Å². The number of benzene rings is 1. The average Bonchev–Trinajstić information content (AvgIpc) is 2.88. The van der Waals surface area contributed by atoms with Gasteiger partial charge in [0.15, 0.2) is 11.5 Å². The number of carbonyl (C=O) groups excluding carboxylic acids is 2. The number of likely N-dealkylation sites (N-methyl/N-ethyl adjacent to an activating group) is 2. The van der Waals surface area contributed by atoms with E-state index >= 15 is 0 Å². The normalized spacial score (nSPS) is 13.6. The molecule has 0 atom stereocenters. The molecule has 0 spiro atoms. The molecule has 0 fully saturated rings. The number of anilines is 1. The van der Waals surface area contributed by atoms with E-state index in [9.17, 15) is 9.59 Å². The molecule has 0 radical (unpaired) electrons. The van der Waals surface area contributed by atoms with Crippen LogP contribution < -0.4 is 14.8 Å². The predicted octanol–water partition coefficient (Wildman–Crippen LogP) is 2.97. The molecule has 8 nitrogen and oxygen atoms in total. The summed E-state index contributed by atoms with van der Waals surface area (Å²) in [7, 11) is 5.22. The lowest BCUT2D eigenvalue weighted by Crippen LogP contribution is -2.26. The van der Waals surface area contributed by atoms with E-state index in [4.69, 9.17) is 9.47 Å². The Labute approximate surface area is 194 Å². The second-order valence-corrected chi connectivity index (χ2v) is 7.44. The van der Waals surface area contributed by atoms with E-state index in [-0.39, 0.29) is 24.2 Å². The van der Waals surface area contributed by atoms with Gasteiger partial charge >= 0.3 is 0 Å². The average molecular weight is 461 g/mol. The maximum atomic E-state index is 12.6. The molecule has 1 N–H and O–H groups in total. The third kappa shape index (κ3) is 6.45. The van der Waals surface area contributed by atoms with Gasteiger partial charge in [0.2, 0.25) is 11.8 Å². The first-order valence-corrected chi connectivity index (χ1v) is 10.1. The van der Waals surface area contributed by atoms with Crippen molar-refractivity contribution in [1.29, 1.82) is 0 Å². The molecule has 0 saturated heterocycles. The second kappa shape index (κ2) is 11.5. The van der Waals surface area contributed by atoms with Gasteiger partial charge in [0.25, 0.3) is 0 Å². The maximum absolute atomic E-state index is 12.6. The lowest BCUT2D eigenvalue weighted by Gasteiger charge is -2.17. The highest BCUT2D eigenvalue weighted by molar-refractivity contribution is 5.93. The zero-order valence-corrected chi connectivity index (χ0v) is 19.6. The molecule has 32 heavy (non-hydrogen) atoms. The fraction of sp³-hybridized carbons (Fsp3) is 0.348. The van der Waals surface area contributed by atoms with Crippen molar-refractivity contribution in [2.45, 2.75) is 20.0 Å². The van der Waals surface area contributed by atoms with E-state index in [2.05, 4.69) is 10.3 Å². The predicted molar refractivity (Wildman–Crippen MR) is 126 cm³/mol. The molecule has 9 heteroatoms. The van der Waals surface area contributed by atoms with Crippen molar-refractivity contribution in [2.75, 3.05) is 39.7 Å². The third-order valence-electron chi connectivity index (χ3n) is 4.84. The van der Waals surface area contributed by atoms with Crippen LogP contribution in [0, 0.1) is 0 Å². The number of ether oxygens (including phenoxy) is 2. The molecular formula is C23H29ClN4O4. The van der Waals surface area contributed by atoms with E-state index in [0.717, 1.165) is 16.7 Å². The molecule has 0 saturated carbocycles. The van der Waals surface area contributed by atoms with Crippen LogP contribution in [0.25, 0.3) is 6.08 Å². The van der Waals surface area contributed by atoms with Crippen molar-refractivity contribution in [3.8, 4) is 11.5 Å². The molecule has 2 aromatic rings. The van der Waals surface area contributed by atoms with Gasteiger partial charge < -0.3 is 19.7 Å². The summed E-state index contributed by atoms with van der Waals surface area (Å²) in [6.07, 6.45) is 4.90. The number of halogens is 1. The molecule has 172 valence electrons. The number of pyridine rings is 1. The van der Waals surface area contributed by atoms with Crippen LogP contribution in [-0.2, 0) is 22.7 Å². The van der Waals surface area contributed by atoms with Crippen molar-refractivity contribution >= 4 is 36.1 Å². The summed E-state index contributed by atoms with van der Waals surface area (Å²) in [5, 5.41) is 2.80. The molecule has 0 aliphatic carbocycles. The Balaban J connectivity index is 0.00000363. The fourth-order valence-electron chi connectivity index (χ4n) is 3.35. The molecule has 1 aliphatic rings. The van der Waals surface area contributed by atoms with Crippen LogP contribution in [0.3, 0.4) is 0 Å². The third-order valence-corrected chi connectivity index (χ3v) is 4.84. The van der Waals surface area contributed by atoms with Gasteiger partial charge in [0.05, 0.1) is 20.3 Å². The molecule has 0 unspecified atom stereocenters. The van der Waals surface area contributed by atoms with Gasteiger partial charge in [-0.3, -0.25) is 14.5 Å². The minimum absolute atomic E-state index is 0. The minimum atomic E-state index is -0.131. The van der Waals surface area contributed by atoms with E-state index in [0.29, 0.717) is 43.6 Å². The number of hydrogen-bond acceptors (Lipinski definition) is 6. The molecule has 1 aromatic heterocycles. The first-order chi connectivity index (χ1) is 14.9. The van der Waals surface area contributed by atoms with Crippen molar-refractivity contribution in [3.63, 3.8) is 0 Å². The molecule has 3 rings (SSSR count). The van der Waals surface area contributed by atoms with Gasteiger partial charge in [-0.1, -0.05) is 6.07 Å². The van der Waals surface area contributed by atoms with Gasteiger partial charge in [-0.05, 0) is 49.4 Å². The zero-order valence-electron chi connectivity index (χ0n) is 18.8. The van der Waals surface area contributed by atoms with Crippen LogP contribution in [0.4, 0.5) is 5.82 Å². The van der Waals surface area contributed by atoms with Crippen LogP contribution in [-0.4, -0.2) is 61.0 Å². The largest absolute Gasteiger partial charge is 0.493 e. The molecule has 0 bridgehead atoms. The van der Waals surface area contributed by atoms with Gasteiger partial charge in [-0.2, -0.15) is 0 Å². The zero-order chi connectivity index (χ0) is 22.4. The summed E-state index contributed by atoms with van der Waals surface area (Å²) in [6.45, 7) is 3.83. The Morgan fingerprint density at radius 2 is 2.06 bits per heavy atom. The number of hydrogen-bond donors (Lipinski definition) is 1. The number of methoxy groups -OCH3 is 1. The second-order valence-electron chi connectivity index (χ2n) is 7.44. The Bertz CT molecular complexity index is 996. The highest BCUT2D eigenvalue weighted by atomic mass is 35.5. The van der Waals surface area contributed by atoms with Gasteiger partial charge in [0, 0.05) is 38.0 Å². The van der Waals surface area contributed by atoms with E-state index in [1.165, 1.54) is 6.08 Å². The number of rotatable bonds is 7. The first kappa shape index (κ1) is 25.2. The van der Waals surface area contributed by atoms with Crippen molar-refractivity contribution in [1.82, 2.24) is 14.8 Å². The number of nitrogens with zero attached hydrogens (tertiary/aromatic N) is 3. The molecule has 1 aliphatic heterocycles. The molecule has 2 amide bonds.